The molecule has 0 atom stereocenters. The third kappa shape index (κ3) is 3.55. The Morgan fingerprint density at radius 1 is 1.50 bits per heavy atom. The van der Waals surface area contributed by atoms with Crippen LogP contribution in [0.1, 0.15) is 43.7 Å². The van der Waals surface area contributed by atoms with Crippen molar-refractivity contribution < 1.29 is 18.8 Å². The Balaban J connectivity index is 2.17. The van der Waals surface area contributed by atoms with Crippen molar-refractivity contribution >= 4 is 23.6 Å². The molecular formula is C14H21N3O4S. The van der Waals surface area contributed by atoms with Crippen LogP contribution in [0.3, 0.4) is 0 Å². The zero-order chi connectivity index (χ0) is 16.3. The summed E-state index contributed by atoms with van der Waals surface area (Å²) in [6, 6.07) is 0. The van der Waals surface area contributed by atoms with E-state index in [9.17, 15) is 9.59 Å². The molecule has 0 saturated heterocycles. The van der Waals surface area contributed by atoms with Gasteiger partial charge >= 0.3 is 0 Å². The van der Waals surface area contributed by atoms with E-state index < -0.39 is 11.3 Å². The van der Waals surface area contributed by atoms with E-state index in [0.717, 1.165) is 12.8 Å². The van der Waals surface area contributed by atoms with Crippen LogP contribution in [0.5, 0.6) is 5.88 Å². The van der Waals surface area contributed by atoms with Crippen LogP contribution in [-0.2, 0) is 4.79 Å². The van der Waals surface area contributed by atoms with Crippen LogP contribution >= 0.6 is 11.8 Å². The molecule has 0 spiro atoms. The first-order chi connectivity index (χ1) is 10.3. The first kappa shape index (κ1) is 16.7. The number of primary amides is 1. The molecule has 1 aromatic rings. The molecule has 3 N–H and O–H groups in total. The maximum absolute atomic E-state index is 11.9. The number of hydrogen-bond acceptors (Lipinski definition) is 6. The van der Waals surface area contributed by atoms with Gasteiger partial charge < -0.3 is 20.3 Å². The molecule has 2 rings (SSSR count). The van der Waals surface area contributed by atoms with Gasteiger partial charge in [0, 0.05) is 12.3 Å². The number of rotatable bonds is 7. The van der Waals surface area contributed by atoms with Gasteiger partial charge in [0.2, 0.25) is 11.7 Å². The van der Waals surface area contributed by atoms with Gasteiger partial charge in [0.05, 0.1) is 5.41 Å². The molecule has 1 aliphatic rings. The average molecular weight is 327 g/mol. The minimum Gasteiger partial charge on any atom is -0.474 e. The fourth-order valence-electron chi connectivity index (χ4n) is 1.70. The summed E-state index contributed by atoms with van der Waals surface area (Å²) in [7, 11) is 1.53. The van der Waals surface area contributed by atoms with Crippen molar-refractivity contribution in [1.29, 1.82) is 0 Å². The van der Waals surface area contributed by atoms with Crippen LogP contribution in [0.25, 0.3) is 0 Å². The Kier molecular flexibility index (Phi) is 5.00. The molecule has 2 amide bonds. The minimum atomic E-state index is -0.829. The zero-order valence-electron chi connectivity index (χ0n) is 13.0. The highest BCUT2D eigenvalue weighted by Gasteiger charge is 2.31. The standard InChI is InChI=1S/C14H21N3O4S/c1-14(2,13(15)19)7-20-12-10(22-8-5-4-6-8)9(21-17-12)11(18)16-3/h8H,4-7H2,1-3H3,(H2,15,19)(H,16,18). The summed E-state index contributed by atoms with van der Waals surface area (Å²) in [5.74, 6) is -0.426. The van der Waals surface area contributed by atoms with E-state index in [1.54, 1.807) is 13.8 Å². The lowest BCUT2D eigenvalue weighted by molar-refractivity contribution is -0.127. The van der Waals surface area contributed by atoms with E-state index in [1.807, 2.05) is 0 Å². The molecule has 0 bridgehead atoms. The molecule has 122 valence electrons. The summed E-state index contributed by atoms with van der Waals surface area (Å²) >= 11 is 1.53. The number of hydrogen-bond donors (Lipinski definition) is 2. The molecular weight excluding hydrogens is 306 g/mol. The second kappa shape index (κ2) is 6.60. The molecule has 1 fully saturated rings. The predicted molar refractivity (Wildman–Crippen MR) is 81.9 cm³/mol. The molecule has 8 heteroatoms. The summed E-state index contributed by atoms with van der Waals surface area (Å²) in [6.45, 7) is 3.45. The van der Waals surface area contributed by atoms with Crippen molar-refractivity contribution in [3.05, 3.63) is 5.76 Å². The minimum absolute atomic E-state index is 0.0697. The van der Waals surface area contributed by atoms with E-state index >= 15 is 0 Å². The second-order valence-electron chi connectivity index (χ2n) is 5.93. The summed E-state index contributed by atoms with van der Waals surface area (Å²) in [4.78, 5) is 23.8. The van der Waals surface area contributed by atoms with Crippen LogP contribution in [-0.4, -0.2) is 35.9 Å². The molecule has 0 radical (unpaired) electrons. The van der Waals surface area contributed by atoms with E-state index in [0.29, 0.717) is 10.1 Å². The fraction of sp³-hybridized carbons (Fsp3) is 0.643. The predicted octanol–water partition coefficient (Wildman–Crippen LogP) is 1.57. The maximum Gasteiger partial charge on any atom is 0.290 e. The second-order valence-corrected chi connectivity index (χ2v) is 7.24. The number of nitrogens with zero attached hydrogens (tertiary/aromatic N) is 1. The highest BCUT2D eigenvalue weighted by Crippen LogP contribution is 2.42. The number of ether oxygens (including phenoxy) is 1. The Bertz CT molecular complexity index is 566. The molecule has 0 aliphatic heterocycles. The highest BCUT2D eigenvalue weighted by molar-refractivity contribution is 8.00. The summed E-state index contributed by atoms with van der Waals surface area (Å²) < 4.78 is 10.7. The van der Waals surface area contributed by atoms with E-state index in [2.05, 4.69) is 10.5 Å². The largest absolute Gasteiger partial charge is 0.474 e. The molecule has 0 aromatic carbocycles. The van der Waals surface area contributed by atoms with Gasteiger partial charge in [-0.05, 0) is 31.8 Å². The lowest BCUT2D eigenvalue weighted by Crippen LogP contribution is -2.36. The number of carbonyl (C=O) groups is 2. The van der Waals surface area contributed by atoms with Crippen LogP contribution in [0.4, 0.5) is 0 Å². The van der Waals surface area contributed by atoms with Gasteiger partial charge in [-0.3, -0.25) is 9.59 Å². The van der Waals surface area contributed by atoms with Crippen LogP contribution < -0.4 is 15.8 Å². The van der Waals surface area contributed by atoms with Crippen LogP contribution in [0, 0.1) is 5.41 Å². The Morgan fingerprint density at radius 2 is 2.18 bits per heavy atom. The maximum atomic E-state index is 11.9. The number of carbonyl (C=O) groups excluding carboxylic acids is 2. The number of aromatic nitrogens is 1. The van der Waals surface area contributed by atoms with Crippen molar-refractivity contribution in [3.63, 3.8) is 0 Å². The van der Waals surface area contributed by atoms with Gasteiger partial charge in [0.1, 0.15) is 11.5 Å². The van der Waals surface area contributed by atoms with Crippen molar-refractivity contribution in [1.82, 2.24) is 10.5 Å². The van der Waals surface area contributed by atoms with Gasteiger partial charge in [-0.25, -0.2) is 0 Å². The van der Waals surface area contributed by atoms with Gasteiger partial charge in [-0.1, -0.05) is 6.42 Å². The van der Waals surface area contributed by atoms with E-state index in [-0.39, 0.29) is 24.2 Å². The molecule has 22 heavy (non-hydrogen) atoms. The van der Waals surface area contributed by atoms with E-state index in [1.165, 1.54) is 25.2 Å². The summed E-state index contributed by atoms with van der Waals surface area (Å²) in [5, 5.41) is 6.79. The third-order valence-electron chi connectivity index (χ3n) is 3.63. The van der Waals surface area contributed by atoms with Gasteiger partial charge in [0.25, 0.3) is 11.8 Å². The highest BCUT2D eigenvalue weighted by atomic mass is 32.2. The first-order valence-corrected chi connectivity index (χ1v) is 8.04. The van der Waals surface area contributed by atoms with Crippen molar-refractivity contribution in [2.45, 2.75) is 43.3 Å². The summed E-state index contributed by atoms with van der Waals surface area (Å²) in [6.07, 6.45) is 3.37. The quantitative estimate of drug-likeness (QED) is 0.787. The smallest absolute Gasteiger partial charge is 0.290 e. The Hall–Kier alpha value is -1.70. The molecule has 1 saturated carbocycles. The number of nitrogens with one attached hydrogen (secondary N) is 1. The van der Waals surface area contributed by atoms with Crippen LogP contribution in [0.15, 0.2) is 9.42 Å². The zero-order valence-corrected chi connectivity index (χ0v) is 13.8. The lowest BCUT2D eigenvalue weighted by atomic mass is 9.94. The fourth-order valence-corrected chi connectivity index (χ4v) is 3.03. The SMILES string of the molecule is CNC(=O)c1onc(OCC(C)(C)C(N)=O)c1SC1CCC1. The number of amides is 2. The molecule has 0 unspecified atom stereocenters. The monoisotopic (exact) mass is 327 g/mol. The number of thioether (sulfide) groups is 1. The van der Waals surface area contributed by atoms with Gasteiger partial charge in [0.15, 0.2) is 0 Å². The van der Waals surface area contributed by atoms with Crippen molar-refractivity contribution in [3.8, 4) is 5.88 Å². The third-order valence-corrected chi connectivity index (χ3v) is 5.03. The molecule has 7 nitrogen and oxygen atoms in total. The van der Waals surface area contributed by atoms with Crippen LogP contribution in [0.2, 0.25) is 0 Å². The van der Waals surface area contributed by atoms with Gasteiger partial charge in [-0.15, -0.1) is 11.8 Å². The normalized spacial score (nSPS) is 15.2. The lowest BCUT2D eigenvalue weighted by Gasteiger charge is -2.24. The molecule has 1 heterocycles. The van der Waals surface area contributed by atoms with Gasteiger partial charge in [-0.2, -0.15) is 0 Å². The number of nitrogens with two attached hydrogens (primary N) is 1. The Morgan fingerprint density at radius 3 is 2.68 bits per heavy atom. The molecule has 1 aromatic heterocycles. The Labute approximate surface area is 133 Å². The molecule has 1 aliphatic carbocycles. The summed E-state index contributed by atoms with van der Waals surface area (Å²) in [5.41, 5.74) is 4.50. The van der Waals surface area contributed by atoms with Crippen molar-refractivity contribution in [2.75, 3.05) is 13.7 Å². The van der Waals surface area contributed by atoms with E-state index in [4.69, 9.17) is 15.0 Å². The topological polar surface area (TPSA) is 107 Å². The van der Waals surface area contributed by atoms with Crippen molar-refractivity contribution in [2.24, 2.45) is 11.1 Å². The first-order valence-electron chi connectivity index (χ1n) is 7.16. The average Bonchev–Trinajstić information content (AvgIpc) is 2.82.